The normalized spacial score (nSPS) is 16.7. The Bertz CT molecular complexity index is 1190. The second kappa shape index (κ2) is 10.8. The van der Waals surface area contributed by atoms with Crippen LogP contribution >= 0.6 is 0 Å². The molecular weight excluding hydrogens is 450 g/mol. The van der Waals surface area contributed by atoms with Crippen LogP contribution in [0.15, 0.2) is 36.4 Å². The summed E-state index contributed by atoms with van der Waals surface area (Å²) < 4.78 is 5.22. The van der Waals surface area contributed by atoms with Gasteiger partial charge in [-0.2, -0.15) is 5.10 Å². The van der Waals surface area contributed by atoms with Crippen LogP contribution in [-0.2, 0) is 17.8 Å². The Balaban J connectivity index is 1.39. The van der Waals surface area contributed by atoms with E-state index in [1.807, 2.05) is 11.9 Å². The Morgan fingerprint density at radius 2 is 1.86 bits per heavy atom. The van der Waals surface area contributed by atoms with Crippen molar-refractivity contribution in [2.45, 2.75) is 63.9 Å². The van der Waals surface area contributed by atoms with Gasteiger partial charge in [0, 0.05) is 44.1 Å². The maximum absolute atomic E-state index is 13.8. The number of ether oxygens (including phenoxy) is 1. The van der Waals surface area contributed by atoms with Crippen molar-refractivity contribution < 1.29 is 9.53 Å². The molecule has 1 amide bonds. The number of benzene rings is 2. The molecule has 5 rings (SSSR count). The minimum Gasteiger partial charge on any atom is -0.388 e. The average Bonchev–Trinajstić information content (AvgIpc) is 3.36. The maximum Gasteiger partial charge on any atom is 0.254 e. The van der Waals surface area contributed by atoms with Crippen molar-refractivity contribution in [3.05, 3.63) is 64.5 Å². The van der Waals surface area contributed by atoms with Gasteiger partial charge in [-0.15, -0.1) is 0 Å². The molecule has 2 N–H and O–H groups in total. The molecule has 0 atom stereocenters. The first-order chi connectivity index (χ1) is 17.6. The van der Waals surface area contributed by atoms with E-state index in [0.717, 1.165) is 54.7 Å². The number of piperidine rings is 1. The molecule has 0 unspecified atom stereocenters. The molecule has 36 heavy (non-hydrogen) atoms. The fourth-order valence-corrected chi connectivity index (χ4v) is 5.53. The van der Waals surface area contributed by atoms with E-state index in [0.29, 0.717) is 30.1 Å². The average molecular weight is 488 g/mol. The molecule has 1 aromatic heterocycles. The third kappa shape index (κ3) is 4.89. The fraction of sp³-hybridized carbons (Fsp3) is 0.483. The van der Waals surface area contributed by atoms with Crippen LogP contribution in [0.5, 0.6) is 0 Å². The number of aromatic amines is 1. The smallest absolute Gasteiger partial charge is 0.254 e. The summed E-state index contributed by atoms with van der Waals surface area (Å²) in [7, 11) is 3.59. The molecule has 7 nitrogen and oxygen atoms in total. The number of likely N-dealkylation sites (tertiary alicyclic amines) is 1. The molecule has 2 aromatic carbocycles. The summed E-state index contributed by atoms with van der Waals surface area (Å²) in [6.07, 6.45) is 6.42. The quantitative estimate of drug-likeness (QED) is 0.438. The van der Waals surface area contributed by atoms with Gasteiger partial charge >= 0.3 is 0 Å². The molecular formula is C29H37N5O2. The second-order valence-corrected chi connectivity index (χ2v) is 10.1. The summed E-state index contributed by atoms with van der Waals surface area (Å²) in [5.74, 6) is 2.50. The summed E-state index contributed by atoms with van der Waals surface area (Å²) in [4.78, 5) is 20.5. The third-order valence-electron chi connectivity index (χ3n) is 7.94. The number of rotatable bonds is 8. The van der Waals surface area contributed by atoms with Crippen molar-refractivity contribution in [2.75, 3.05) is 32.6 Å². The van der Waals surface area contributed by atoms with Crippen LogP contribution in [-0.4, -0.2) is 53.2 Å². The molecule has 2 aliphatic rings. The number of hydrogen-bond donors (Lipinski definition) is 2. The maximum atomic E-state index is 13.8. The SMILES string of the molecule is CCc1cc(C2CCC2)c(-c2n[nH]c(COC)n2)cc1C(=O)N1CCC(c2ccc(NC)cc2)CC1. The highest BCUT2D eigenvalue weighted by Crippen LogP contribution is 2.42. The number of amides is 1. The molecule has 2 fully saturated rings. The number of aromatic nitrogens is 3. The second-order valence-electron chi connectivity index (χ2n) is 10.1. The molecule has 3 aromatic rings. The number of carbonyl (C=O) groups excluding carboxylic acids is 1. The van der Waals surface area contributed by atoms with Gasteiger partial charge in [-0.1, -0.05) is 31.5 Å². The standard InChI is InChI=1S/C29H37N5O2/c1-4-19-16-24(22-6-5-7-22)26(28-31-27(18-36-3)32-33-28)17-25(19)29(35)34-14-12-21(13-15-34)20-8-10-23(30-2)11-9-20/h8-11,16-17,21-22,30H,4-7,12-15,18H2,1-3H3,(H,31,32,33). The van der Waals surface area contributed by atoms with Gasteiger partial charge in [0.2, 0.25) is 0 Å². The number of nitrogens with zero attached hydrogens (tertiary/aromatic N) is 3. The summed E-state index contributed by atoms with van der Waals surface area (Å²) >= 11 is 0. The number of nitrogens with one attached hydrogen (secondary N) is 2. The Labute approximate surface area is 213 Å². The highest BCUT2D eigenvalue weighted by molar-refractivity contribution is 5.97. The van der Waals surface area contributed by atoms with Crippen LogP contribution < -0.4 is 5.32 Å². The van der Waals surface area contributed by atoms with E-state index in [2.05, 4.69) is 63.8 Å². The van der Waals surface area contributed by atoms with Crippen molar-refractivity contribution in [1.82, 2.24) is 20.1 Å². The van der Waals surface area contributed by atoms with Gasteiger partial charge in [0.1, 0.15) is 6.61 Å². The molecule has 1 aliphatic carbocycles. The van der Waals surface area contributed by atoms with Gasteiger partial charge < -0.3 is 15.0 Å². The van der Waals surface area contributed by atoms with Crippen molar-refractivity contribution in [1.29, 1.82) is 0 Å². The monoisotopic (exact) mass is 487 g/mol. The molecule has 0 radical (unpaired) electrons. The van der Waals surface area contributed by atoms with E-state index in [1.54, 1.807) is 7.11 Å². The summed E-state index contributed by atoms with van der Waals surface area (Å²) in [5, 5.41) is 10.7. The van der Waals surface area contributed by atoms with Crippen molar-refractivity contribution >= 4 is 11.6 Å². The predicted molar refractivity (Wildman–Crippen MR) is 142 cm³/mol. The topological polar surface area (TPSA) is 83.1 Å². The minimum absolute atomic E-state index is 0.130. The van der Waals surface area contributed by atoms with Gasteiger partial charge in [-0.05, 0) is 78.8 Å². The van der Waals surface area contributed by atoms with Crippen LogP contribution in [0.1, 0.15) is 83.7 Å². The number of anilines is 1. The first kappa shape index (κ1) is 24.5. The number of methoxy groups -OCH3 is 1. The highest BCUT2D eigenvalue weighted by Gasteiger charge is 2.30. The van der Waals surface area contributed by atoms with Gasteiger partial charge in [0.25, 0.3) is 5.91 Å². The minimum atomic E-state index is 0.130. The fourth-order valence-electron chi connectivity index (χ4n) is 5.53. The molecule has 0 spiro atoms. The highest BCUT2D eigenvalue weighted by atomic mass is 16.5. The first-order valence-electron chi connectivity index (χ1n) is 13.3. The van der Waals surface area contributed by atoms with Crippen LogP contribution in [0.2, 0.25) is 0 Å². The zero-order valence-electron chi connectivity index (χ0n) is 21.6. The largest absolute Gasteiger partial charge is 0.388 e. The Morgan fingerprint density at radius 1 is 1.11 bits per heavy atom. The van der Waals surface area contributed by atoms with Crippen LogP contribution in [0.4, 0.5) is 5.69 Å². The summed E-state index contributed by atoms with van der Waals surface area (Å²) in [6, 6.07) is 13.0. The Hall–Kier alpha value is -3.19. The van der Waals surface area contributed by atoms with Gasteiger partial charge in [-0.25, -0.2) is 4.98 Å². The van der Waals surface area contributed by atoms with Gasteiger partial charge in [-0.3, -0.25) is 9.89 Å². The zero-order valence-corrected chi connectivity index (χ0v) is 21.6. The lowest BCUT2D eigenvalue weighted by Crippen LogP contribution is -2.38. The van der Waals surface area contributed by atoms with Gasteiger partial charge in [0.05, 0.1) is 0 Å². The molecule has 190 valence electrons. The number of H-pyrrole nitrogens is 1. The lowest BCUT2D eigenvalue weighted by molar-refractivity contribution is 0.0712. The summed E-state index contributed by atoms with van der Waals surface area (Å²) in [5.41, 5.74) is 6.67. The van der Waals surface area contributed by atoms with Crippen molar-refractivity contribution in [3.63, 3.8) is 0 Å². The van der Waals surface area contributed by atoms with E-state index in [4.69, 9.17) is 4.74 Å². The van der Waals surface area contributed by atoms with Crippen LogP contribution in [0.3, 0.4) is 0 Å². The summed E-state index contributed by atoms with van der Waals surface area (Å²) in [6.45, 7) is 4.08. The molecule has 1 saturated carbocycles. The molecule has 1 aliphatic heterocycles. The van der Waals surface area contributed by atoms with Crippen molar-refractivity contribution in [2.24, 2.45) is 0 Å². The number of aryl methyl sites for hydroxylation is 1. The molecule has 2 heterocycles. The van der Waals surface area contributed by atoms with Crippen LogP contribution in [0.25, 0.3) is 11.4 Å². The van der Waals surface area contributed by atoms with Crippen molar-refractivity contribution in [3.8, 4) is 11.4 Å². The molecule has 1 saturated heterocycles. The first-order valence-corrected chi connectivity index (χ1v) is 13.3. The van der Waals surface area contributed by atoms with E-state index in [-0.39, 0.29) is 5.91 Å². The van der Waals surface area contributed by atoms with Gasteiger partial charge in [0.15, 0.2) is 11.6 Å². The van der Waals surface area contributed by atoms with Crippen LogP contribution in [0, 0.1) is 0 Å². The lowest BCUT2D eigenvalue weighted by Gasteiger charge is -2.33. The van der Waals surface area contributed by atoms with E-state index in [1.165, 1.54) is 30.4 Å². The Morgan fingerprint density at radius 3 is 2.47 bits per heavy atom. The molecule has 0 bridgehead atoms. The predicted octanol–water partition coefficient (Wildman–Crippen LogP) is 5.51. The zero-order chi connectivity index (χ0) is 25.1. The van der Waals surface area contributed by atoms with E-state index < -0.39 is 0 Å². The number of hydrogen-bond acceptors (Lipinski definition) is 5. The Kier molecular flexibility index (Phi) is 7.37. The molecule has 7 heteroatoms. The van der Waals surface area contributed by atoms with E-state index in [9.17, 15) is 4.79 Å². The lowest BCUT2D eigenvalue weighted by atomic mass is 9.76. The van der Waals surface area contributed by atoms with E-state index >= 15 is 0 Å². The third-order valence-corrected chi connectivity index (χ3v) is 7.94. The number of carbonyl (C=O) groups is 1.